The molecule has 4 nitrogen and oxygen atoms in total. The smallest absolute Gasteiger partial charge is 0.175 e. The van der Waals surface area contributed by atoms with E-state index < -0.39 is 9.84 Å². The monoisotopic (exact) mass is 394 g/mol. The zero-order valence-electron chi connectivity index (χ0n) is 13.7. The van der Waals surface area contributed by atoms with Gasteiger partial charge in [-0.3, -0.25) is 0 Å². The number of hydrogen-bond acceptors (Lipinski definition) is 3. The predicted molar refractivity (Wildman–Crippen MR) is 102 cm³/mol. The Morgan fingerprint density at radius 1 is 1.04 bits per heavy atom. The lowest BCUT2D eigenvalue weighted by molar-refractivity contribution is 0.602. The molecule has 1 aromatic heterocycles. The topological polar surface area (TPSA) is 52.0 Å². The van der Waals surface area contributed by atoms with E-state index in [2.05, 4.69) is 5.10 Å². The van der Waals surface area contributed by atoms with Crippen molar-refractivity contribution in [1.29, 1.82) is 0 Å². The van der Waals surface area contributed by atoms with Gasteiger partial charge in [-0.15, -0.1) is 0 Å². The first-order chi connectivity index (χ1) is 11.8. The van der Waals surface area contributed by atoms with E-state index in [1.807, 2.05) is 25.1 Å². The number of nitrogens with zero attached hydrogens (tertiary/aromatic N) is 2. The molecule has 0 saturated heterocycles. The van der Waals surface area contributed by atoms with Crippen LogP contribution < -0.4 is 0 Å². The summed E-state index contributed by atoms with van der Waals surface area (Å²) in [6, 6.07) is 14.1. The Morgan fingerprint density at radius 2 is 1.72 bits per heavy atom. The predicted octanol–water partition coefficient (Wildman–Crippen LogP) is 4.81. The number of aryl methyl sites for hydroxylation is 1. The zero-order valence-corrected chi connectivity index (χ0v) is 16.0. The summed E-state index contributed by atoms with van der Waals surface area (Å²) in [7, 11) is -3.24. The maximum absolute atomic E-state index is 11.6. The SMILES string of the molecule is CCc1ccc(-n2nc(Cl)cc2-c2ccc(S(C)(=O)=O)cc2)cc1Cl. The van der Waals surface area contributed by atoms with Crippen LogP contribution in [0.25, 0.3) is 16.9 Å². The van der Waals surface area contributed by atoms with Crippen molar-refractivity contribution in [1.82, 2.24) is 9.78 Å². The van der Waals surface area contributed by atoms with Crippen molar-refractivity contribution in [2.24, 2.45) is 0 Å². The third kappa shape index (κ3) is 3.73. The summed E-state index contributed by atoms with van der Waals surface area (Å²) in [6.07, 6.45) is 2.03. The molecule has 0 amide bonds. The molecule has 1 heterocycles. The van der Waals surface area contributed by atoms with Gasteiger partial charge in [-0.1, -0.05) is 48.3 Å². The molecule has 2 aromatic carbocycles. The molecule has 0 saturated carbocycles. The van der Waals surface area contributed by atoms with Gasteiger partial charge in [0, 0.05) is 22.9 Å². The van der Waals surface area contributed by atoms with E-state index in [-0.39, 0.29) is 4.90 Å². The first-order valence-electron chi connectivity index (χ1n) is 7.64. The van der Waals surface area contributed by atoms with Crippen LogP contribution in [-0.2, 0) is 16.3 Å². The van der Waals surface area contributed by atoms with E-state index in [9.17, 15) is 8.42 Å². The Balaban J connectivity index is 2.09. The molecule has 0 N–H and O–H groups in total. The van der Waals surface area contributed by atoms with Crippen LogP contribution in [-0.4, -0.2) is 24.5 Å². The van der Waals surface area contributed by atoms with Crippen molar-refractivity contribution in [2.45, 2.75) is 18.2 Å². The molecule has 3 rings (SSSR count). The molecule has 130 valence electrons. The third-order valence-corrected chi connectivity index (χ3v) is 5.58. The standard InChI is InChI=1S/C18H16Cl2N2O2S/c1-3-12-4-7-14(10-16(12)19)22-17(11-18(20)21-22)13-5-8-15(9-6-13)25(2,23)24/h4-11H,3H2,1-2H3. The summed E-state index contributed by atoms with van der Waals surface area (Å²) in [6.45, 7) is 2.04. The van der Waals surface area contributed by atoms with E-state index in [4.69, 9.17) is 23.2 Å². The van der Waals surface area contributed by atoms with Gasteiger partial charge in [0.15, 0.2) is 15.0 Å². The summed E-state index contributed by atoms with van der Waals surface area (Å²) >= 11 is 12.4. The molecule has 0 radical (unpaired) electrons. The molecule has 0 fully saturated rings. The summed E-state index contributed by atoms with van der Waals surface area (Å²) in [4.78, 5) is 0.267. The van der Waals surface area contributed by atoms with E-state index >= 15 is 0 Å². The number of hydrogen-bond donors (Lipinski definition) is 0. The lowest BCUT2D eigenvalue weighted by atomic mass is 10.1. The van der Waals surface area contributed by atoms with Crippen LogP contribution in [0.3, 0.4) is 0 Å². The van der Waals surface area contributed by atoms with Crippen molar-refractivity contribution in [3.05, 3.63) is 64.3 Å². The molecule has 0 unspecified atom stereocenters. The van der Waals surface area contributed by atoms with E-state index in [1.165, 1.54) is 6.26 Å². The van der Waals surface area contributed by atoms with Gasteiger partial charge in [-0.2, -0.15) is 5.10 Å². The maximum Gasteiger partial charge on any atom is 0.175 e. The summed E-state index contributed by atoms with van der Waals surface area (Å²) in [5, 5.41) is 5.35. The number of aromatic nitrogens is 2. The van der Waals surface area contributed by atoms with E-state index in [1.54, 1.807) is 35.0 Å². The van der Waals surface area contributed by atoms with Crippen LogP contribution in [0.4, 0.5) is 0 Å². The van der Waals surface area contributed by atoms with E-state index in [0.29, 0.717) is 10.2 Å². The van der Waals surface area contributed by atoms with Crippen LogP contribution in [0.15, 0.2) is 53.4 Å². The van der Waals surface area contributed by atoms with Crippen LogP contribution in [0, 0.1) is 0 Å². The first kappa shape index (κ1) is 18.0. The van der Waals surface area contributed by atoms with Gasteiger partial charge in [0.25, 0.3) is 0 Å². The molecule has 25 heavy (non-hydrogen) atoms. The average Bonchev–Trinajstić information content (AvgIpc) is 2.96. The number of rotatable bonds is 4. The number of halogens is 2. The Bertz CT molecular complexity index is 1030. The Labute approximate surface area is 156 Å². The molecule has 7 heteroatoms. The summed E-state index contributed by atoms with van der Waals surface area (Å²) in [5.74, 6) is 0. The highest BCUT2D eigenvalue weighted by Gasteiger charge is 2.13. The van der Waals surface area contributed by atoms with Crippen molar-refractivity contribution < 1.29 is 8.42 Å². The molecule has 0 bridgehead atoms. The Hall–Kier alpha value is -1.82. The minimum atomic E-state index is -3.24. The largest absolute Gasteiger partial charge is 0.232 e. The minimum absolute atomic E-state index is 0.267. The van der Waals surface area contributed by atoms with Crippen LogP contribution in [0.1, 0.15) is 12.5 Å². The molecule has 0 aliphatic carbocycles. The van der Waals surface area contributed by atoms with Crippen molar-refractivity contribution in [2.75, 3.05) is 6.26 Å². The normalized spacial score (nSPS) is 11.7. The van der Waals surface area contributed by atoms with Gasteiger partial charge < -0.3 is 0 Å². The van der Waals surface area contributed by atoms with Crippen molar-refractivity contribution in [3.8, 4) is 16.9 Å². The molecule has 0 aliphatic rings. The lowest BCUT2D eigenvalue weighted by Crippen LogP contribution is -2.00. The number of benzene rings is 2. The highest BCUT2D eigenvalue weighted by atomic mass is 35.5. The van der Waals surface area contributed by atoms with Gasteiger partial charge in [0.2, 0.25) is 0 Å². The van der Waals surface area contributed by atoms with Gasteiger partial charge in [0.05, 0.1) is 16.3 Å². The van der Waals surface area contributed by atoms with Crippen LogP contribution in [0.2, 0.25) is 10.2 Å². The minimum Gasteiger partial charge on any atom is -0.232 e. The fourth-order valence-corrected chi connectivity index (χ4v) is 3.70. The lowest BCUT2D eigenvalue weighted by Gasteiger charge is -2.10. The van der Waals surface area contributed by atoms with E-state index in [0.717, 1.165) is 28.9 Å². The second kappa shape index (κ2) is 6.83. The average molecular weight is 395 g/mol. The molecule has 3 aromatic rings. The van der Waals surface area contributed by atoms with Gasteiger partial charge in [-0.05, 0) is 36.2 Å². The molecule has 0 atom stereocenters. The van der Waals surface area contributed by atoms with Crippen LogP contribution in [0.5, 0.6) is 0 Å². The molecule has 0 aliphatic heterocycles. The molecule has 0 spiro atoms. The molecular weight excluding hydrogens is 379 g/mol. The quantitative estimate of drug-likeness (QED) is 0.637. The Morgan fingerprint density at radius 3 is 2.28 bits per heavy atom. The number of sulfone groups is 1. The molecular formula is C18H16Cl2N2O2S. The summed E-state index contributed by atoms with van der Waals surface area (Å²) in [5.41, 5.74) is 3.41. The van der Waals surface area contributed by atoms with Crippen molar-refractivity contribution in [3.63, 3.8) is 0 Å². The fraction of sp³-hybridized carbons (Fsp3) is 0.167. The summed E-state index contributed by atoms with van der Waals surface area (Å²) < 4.78 is 24.9. The third-order valence-electron chi connectivity index (χ3n) is 3.92. The zero-order chi connectivity index (χ0) is 18.2. The Kier molecular flexibility index (Phi) is 4.91. The van der Waals surface area contributed by atoms with Crippen LogP contribution >= 0.6 is 23.2 Å². The van der Waals surface area contributed by atoms with Gasteiger partial charge in [0.1, 0.15) is 0 Å². The first-order valence-corrected chi connectivity index (χ1v) is 10.3. The van der Waals surface area contributed by atoms with Crippen molar-refractivity contribution >= 4 is 33.0 Å². The second-order valence-corrected chi connectivity index (χ2v) is 8.50. The van der Waals surface area contributed by atoms with Gasteiger partial charge >= 0.3 is 0 Å². The van der Waals surface area contributed by atoms with Gasteiger partial charge in [-0.25, -0.2) is 13.1 Å². The highest BCUT2D eigenvalue weighted by Crippen LogP contribution is 2.29. The highest BCUT2D eigenvalue weighted by molar-refractivity contribution is 7.90. The fourth-order valence-electron chi connectivity index (χ4n) is 2.58. The maximum atomic E-state index is 11.6. The second-order valence-electron chi connectivity index (χ2n) is 5.69.